The Labute approximate surface area is 129 Å². The van der Waals surface area contributed by atoms with Crippen molar-refractivity contribution in [3.63, 3.8) is 0 Å². The van der Waals surface area contributed by atoms with Crippen LogP contribution in [-0.2, 0) is 0 Å². The van der Waals surface area contributed by atoms with E-state index in [0.717, 1.165) is 16.8 Å². The number of hydrogen-bond acceptors (Lipinski definition) is 2. The number of benzene rings is 2. The Morgan fingerprint density at radius 1 is 1.15 bits per heavy atom. The molecule has 0 amide bonds. The zero-order valence-corrected chi connectivity index (χ0v) is 13.7. The van der Waals surface area contributed by atoms with Gasteiger partial charge >= 0.3 is 0 Å². The molecule has 106 valence electrons. The second-order valence-electron chi connectivity index (χ2n) is 4.79. The van der Waals surface area contributed by atoms with Crippen LogP contribution >= 0.6 is 15.9 Å². The minimum absolute atomic E-state index is 0.157. The molecular weight excluding hydrogens is 314 g/mol. The lowest BCUT2D eigenvalue weighted by molar-refractivity contribution is 0.413. The van der Waals surface area contributed by atoms with E-state index >= 15 is 0 Å². The summed E-state index contributed by atoms with van der Waals surface area (Å²) >= 11 is 3.65. The second kappa shape index (κ2) is 6.91. The van der Waals surface area contributed by atoms with Gasteiger partial charge in [0.2, 0.25) is 0 Å². The monoisotopic (exact) mass is 333 g/mol. The first-order chi connectivity index (χ1) is 9.65. The van der Waals surface area contributed by atoms with Gasteiger partial charge in [-0.1, -0.05) is 52.7 Å². The number of aryl methyl sites for hydroxylation is 1. The Morgan fingerprint density at radius 2 is 1.85 bits per heavy atom. The number of methoxy groups -OCH3 is 1. The molecule has 0 spiro atoms. The summed E-state index contributed by atoms with van der Waals surface area (Å²) in [6, 6.07) is 14.9. The third-order valence-corrected chi connectivity index (χ3v) is 4.06. The first-order valence-corrected chi connectivity index (χ1v) is 7.58. The van der Waals surface area contributed by atoms with Crippen LogP contribution in [0.2, 0.25) is 0 Å². The topological polar surface area (TPSA) is 21.3 Å². The van der Waals surface area contributed by atoms with E-state index in [4.69, 9.17) is 4.74 Å². The van der Waals surface area contributed by atoms with Gasteiger partial charge in [0.1, 0.15) is 5.75 Å². The summed E-state index contributed by atoms with van der Waals surface area (Å²) in [7, 11) is 1.70. The Bertz CT molecular complexity index is 566. The molecule has 1 unspecified atom stereocenters. The molecule has 0 aliphatic rings. The molecule has 0 saturated carbocycles. The van der Waals surface area contributed by atoms with Gasteiger partial charge in [-0.05, 0) is 42.8 Å². The van der Waals surface area contributed by atoms with Crippen LogP contribution in [0.25, 0.3) is 0 Å². The van der Waals surface area contributed by atoms with Crippen LogP contribution < -0.4 is 10.1 Å². The Morgan fingerprint density at radius 3 is 2.45 bits per heavy atom. The lowest BCUT2D eigenvalue weighted by Gasteiger charge is -2.21. The molecule has 1 N–H and O–H groups in total. The molecule has 0 fully saturated rings. The lowest BCUT2D eigenvalue weighted by atomic mass is 9.97. The van der Waals surface area contributed by atoms with Crippen molar-refractivity contribution in [2.45, 2.75) is 19.9 Å². The minimum Gasteiger partial charge on any atom is -0.497 e. The second-order valence-corrected chi connectivity index (χ2v) is 5.64. The van der Waals surface area contributed by atoms with Crippen LogP contribution in [0, 0.1) is 6.92 Å². The highest BCUT2D eigenvalue weighted by Gasteiger charge is 2.16. The normalized spacial score (nSPS) is 12.2. The van der Waals surface area contributed by atoms with Crippen LogP contribution in [0.4, 0.5) is 0 Å². The summed E-state index contributed by atoms with van der Waals surface area (Å²) in [6.45, 7) is 5.13. The molecule has 2 aromatic carbocycles. The molecule has 0 saturated heterocycles. The fourth-order valence-corrected chi connectivity index (χ4v) is 2.72. The zero-order valence-electron chi connectivity index (χ0n) is 12.1. The van der Waals surface area contributed by atoms with Gasteiger partial charge in [0.15, 0.2) is 0 Å². The van der Waals surface area contributed by atoms with Gasteiger partial charge in [-0.25, -0.2) is 0 Å². The number of ether oxygens (including phenoxy) is 1. The Hall–Kier alpha value is -1.32. The van der Waals surface area contributed by atoms with Gasteiger partial charge in [0, 0.05) is 4.47 Å². The molecule has 0 aromatic heterocycles. The van der Waals surface area contributed by atoms with Crippen molar-refractivity contribution >= 4 is 15.9 Å². The largest absolute Gasteiger partial charge is 0.497 e. The summed E-state index contributed by atoms with van der Waals surface area (Å²) < 4.78 is 6.43. The zero-order chi connectivity index (χ0) is 14.5. The maximum Gasteiger partial charge on any atom is 0.119 e. The summed E-state index contributed by atoms with van der Waals surface area (Å²) in [5.41, 5.74) is 3.72. The number of hydrogen-bond donors (Lipinski definition) is 1. The van der Waals surface area contributed by atoms with Crippen LogP contribution in [0.15, 0.2) is 46.9 Å². The SMILES string of the molecule is CCNC(c1ccc(C)cc1)c1cc(OC)ccc1Br. The van der Waals surface area contributed by atoms with Gasteiger partial charge in [-0.2, -0.15) is 0 Å². The maximum absolute atomic E-state index is 5.34. The van der Waals surface area contributed by atoms with Gasteiger partial charge < -0.3 is 10.1 Å². The van der Waals surface area contributed by atoms with Crippen LogP contribution in [0.5, 0.6) is 5.75 Å². The number of halogens is 1. The minimum atomic E-state index is 0.157. The predicted molar refractivity (Wildman–Crippen MR) is 87.4 cm³/mol. The quantitative estimate of drug-likeness (QED) is 0.871. The van der Waals surface area contributed by atoms with E-state index in [0.29, 0.717) is 0 Å². The van der Waals surface area contributed by atoms with E-state index in [1.54, 1.807) is 7.11 Å². The fourth-order valence-electron chi connectivity index (χ4n) is 2.24. The summed E-state index contributed by atoms with van der Waals surface area (Å²) in [4.78, 5) is 0. The van der Waals surface area contributed by atoms with Crippen molar-refractivity contribution in [1.82, 2.24) is 5.32 Å². The van der Waals surface area contributed by atoms with E-state index in [-0.39, 0.29) is 6.04 Å². The van der Waals surface area contributed by atoms with Gasteiger partial charge in [0.05, 0.1) is 13.2 Å². The van der Waals surface area contributed by atoms with E-state index < -0.39 is 0 Å². The summed E-state index contributed by atoms with van der Waals surface area (Å²) in [5.74, 6) is 0.873. The van der Waals surface area contributed by atoms with Crippen molar-refractivity contribution in [2.24, 2.45) is 0 Å². The number of nitrogens with one attached hydrogen (secondary N) is 1. The van der Waals surface area contributed by atoms with E-state index in [9.17, 15) is 0 Å². The van der Waals surface area contributed by atoms with E-state index in [2.05, 4.69) is 65.4 Å². The molecule has 1 atom stereocenters. The third-order valence-electron chi connectivity index (χ3n) is 3.33. The van der Waals surface area contributed by atoms with Crippen molar-refractivity contribution in [3.8, 4) is 5.75 Å². The molecule has 20 heavy (non-hydrogen) atoms. The molecule has 3 heteroatoms. The van der Waals surface area contributed by atoms with Gasteiger partial charge in [-0.15, -0.1) is 0 Å². The molecule has 2 nitrogen and oxygen atoms in total. The molecular formula is C17H20BrNO. The standard InChI is InChI=1S/C17H20BrNO/c1-4-19-17(13-7-5-12(2)6-8-13)15-11-14(20-3)9-10-16(15)18/h5-11,17,19H,4H2,1-3H3. The first kappa shape index (κ1) is 15.1. The summed E-state index contributed by atoms with van der Waals surface area (Å²) in [6.07, 6.45) is 0. The lowest BCUT2D eigenvalue weighted by Crippen LogP contribution is -2.22. The van der Waals surface area contributed by atoms with Crippen molar-refractivity contribution in [1.29, 1.82) is 0 Å². The Kier molecular flexibility index (Phi) is 5.21. The molecule has 0 radical (unpaired) electrons. The van der Waals surface area contributed by atoms with E-state index in [1.807, 2.05) is 12.1 Å². The fraction of sp³-hybridized carbons (Fsp3) is 0.294. The van der Waals surface area contributed by atoms with Crippen LogP contribution in [-0.4, -0.2) is 13.7 Å². The van der Waals surface area contributed by atoms with Crippen molar-refractivity contribution in [3.05, 3.63) is 63.6 Å². The smallest absolute Gasteiger partial charge is 0.119 e. The summed E-state index contributed by atoms with van der Waals surface area (Å²) in [5, 5.41) is 3.54. The Balaban J connectivity index is 2.44. The molecule has 2 aromatic rings. The predicted octanol–water partition coefficient (Wildman–Crippen LogP) is 4.47. The highest BCUT2D eigenvalue weighted by molar-refractivity contribution is 9.10. The maximum atomic E-state index is 5.34. The van der Waals surface area contributed by atoms with Gasteiger partial charge in [-0.3, -0.25) is 0 Å². The number of rotatable bonds is 5. The molecule has 0 bridgehead atoms. The third kappa shape index (κ3) is 3.41. The average molecular weight is 334 g/mol. The molecule has 2 rings (SSSR count). The highest BCUT2D eigenvalue weighted by Crippen LogP contribution is 2.31. The molecule has 0 aliphatic heterocycles. The van der Waals surface area contributed by atoms with Gasteiger partial charge in [0.25, 0.3) is 0 Å². The van der Waals surface area contributed by atoms with Crippen molar-refractivity contribution in [2.75, 3.05) is 13.7 Å². The van der Waals surface area contributed by atoms with Crippen LogP contribution in [0.1, 0.15) is 29.7 Å². The molecule has 0 aliphatic carbocycles. The molecule has 0 heterocycles. The van der Waals surface area contributed by atoms with Crippen molar-refractivity contribution < 1.29 is 4.74 Å². The van der Waals surface area contributed by atoms with Crippen LogP contribution in [0.3, 0.4) is 0 Å². The highest BCUT2D eigenvalue weighted by atomic mass is 79.9. The van der Waals surface area contributed by atoms with E-state index in [1.165, 1.54) is 16.7 Å². The average Bonchev–Trinajstić information content (AvgIpc) is 2.47. The first-order valence-electron chi connectivity index (χ1n) is 6.79.